The second-order valence-corrected chi connectivity index (χ2v) is 11.2. The molecule has 37 heavy (non-hydrogen) atoms. The van der Waals surface area contributed by atoms with Gasteiger partial charge in [-0.3, -0.25) is 4.98 Å². The summed E-state index contributed by atoms with van der Waals surface area (Å²) >= 11 is 0. The quantitative estimate of drug-likeness (QED) is 0.470. The topological polar surface area (TPSA) is 151 Å². The van der Waals surface area contributed by atoms with E-state index in [1.807, 2.05) is 0 Å². The Morgan fingerprint density at radius 1 is 1.14 bits per heavy atom. The van der Waals surface area contributed by atoms with Crippen LogP contribution in [0.3, 0.4) is 0 Å². The van der Waals surface area contributed by atoms with Crippen LogP contribution in [0.25, 0.3) is 22.6 Å². The molecule has 4 aliphatic heterocycles. The lowest BCUT2D eigenvalue weighted by atomic mass is 10.0. The van der Waals surface area contributed by atoms with Crippen LogP contribution in [0.4, 0.5) is 14.9 Å². The normalized spacial score (nSPS) is 32.7. The van der Waals surface area contributed by atoms with E-state index in [-0.39, 0.29) is 17.2 Å². The maximum absolute atomic E-state index is 15.3. The van der Waals surface area contributed by atoms with E-state index in [1.165, 1.54) is 18.3 Å². The Hall–Kier alpha value is -3.29. The molecule has 6 heterocycles. The number of ether oxygens (including phenoxy) is 1. The molecular formula is C22H18FN6O7P. The third-order valence-electron chi connectivity index (χ3n) is 7.15. The lowest BCUT2D eigenvalue weighted by Crippen LogP contribution is -2.64. The Bertz CT molecular complexity index is 1520. The molecule has 1 aromatic carbocycles. The average Bonchev–Trinajstić information content (AvgIpc) is 3.78. The number of pyridine rings is 1. The van der Waals surface area contributed by atoms with E-state index in [1.54, 1.807) is 16.9 Å². The van der Waals surface area contributed by atoms with Crippen molar-refractivity contribution in [3.05, 3.63) is 42.3 Å². The molecule has 2 saturated carbocycles. The van der Waals surface area contributed by atoms with Crippen LogP contribution >= 0.6 is 7.82 Å². The highest BCUT2D eigenvalue weighted by Gasteiger charge is 2.91. The van der Waals surface area contributed by atoms with Gasteiger partial charge in [0, 0.05) is 17.3 Å². The van der Waals surface area contributed by atoms with Crippen molar-refractivity contribution in [3.8, 4) is 22.6 Å². The van der Waals surface area contributed by atoms with Gasteiger partial charge in [-0.05, 0) is 61.1 Å². The van der Waals surface area contributed by atoms with Crippen molar-refractivity contribution in [2.75, 3.05) is 4.90 Å². The van der Waals surface area contributed by atoms with E-state index in [4.69, 9.17) is 18.3 Å². The molecule has 9 rings (SSSR count). The Kier molecular flexibility index (Phi) is 4.10. The van der Waals surface area contributed by atoms with Crippen LogP contribution in [-0.2, 0) is 22.9 Å². The average molecular weight is 528 g/mol. The van der Waals surface area contributed by atoms with Crippen LogP contribution in [0.5, 0.6) is 0 Å². The van der Waals surface area contributed by atoms with Gasteiger partial charge in [0.2, 0.25) is 5.82 Å². The van der Waals surface area contributed by atoms with Gasteiger partial charge in [-0.2, -0.15) is 4.80 Å². The number of benzene rings is 1. The zero-order valence-electron chi connectivity index (χ0n) is 18.9. The predicted molar refractivity (Wildman–Crippen MR) is 119 cm³/mol. The zero-order chi connectivity index (χ0) is 25.2. The Labute approximate surface area is 207 Å². The molecule has 0 unspecified atom stereocenters. The van der Waals surface area contributed by atoms with Crippen molar-refractivity contribution in [1.82, 2.24) is 25.2 Å². The summed E-state index contributed by atoms with van der Waals surface area (Å²) in [4.78, 5) is 19.7. The number of hydrogen-bond acceptors (Lipinski definition) is 11. The first-order chi connectivity index (χ1) is 17.8. The van der Waals surface area contributed by atoms with Crippen LogP contribution in [0.15, 0.2) is 36.5 Å². The van der Waals surface area contributed by atoms with E-state index >= 15 is 4.39 Å². The summed E-state index contributed by atoms with van der Waals surface area (Å²) < 4.78 is 49.4. The van der Waals surface area contributed by atoms with Gasteiger partial charge in [-0.25, -0.2) is 32.2 Å². The highest BCUT2D eigenvalue weighted by atomic mass is 31.2. The highest BCUT2D eigenvalue weighted by Crippen LogP contribution is 2.81. The molecule has 13 nitrogen and oxygen atoms in total. The molecule has 6 aliphatic rings. The van der Waals surface area contributed by atoms with E-state index in [0.717, 1.165) is 23.8 Å². The SMILES string of the molecule is O=C1O[C@]2([C@H](O)C3CC3)OP3(=O)OC2(O3)N1c1ccc(-c2ccc(-c3nnn(C4CC4)n3)nc2)c(F)c1. The van der Waals surface area contributed by atoms with Crippen molar-refractivity contribution < 1.29 is 37.2 Å². The fourth-order valence-electron chi connectivity index (χ4n) is 4.96. The van der Waals surface area contributed by atoms with E-state index in [2.05, 4.69) is 20.4 Å². The first kappa shape index (κ1) is 21.8. The largest absolute Gasteiger partial charge is 0.486 e. The highest BCUT2D eigenvalue weighted by molar-refractivity contribution is 7.50. The van der Waals surface area contributed by atoms with Crippen molar-refractivity contribution in [2.24, 2.45) is 5.92 Å². The maximum Gasteiger partial charge on any atom is 0.486 e. The molecule has 0 radical (unpaired) electrons. The van der Waals surface area contributed by atoms with E-state index < -0.39 is 37.5 Å². The first-order valence-electron chi connectivity index (χ1n) is 11.8. The van der Waals surface area contributed by atoms with Crippen LogP contribution < -0.4 is 4.90 Å². The summed E-state index contributed by atoms with van der Waals surface area (Å²) in [7, 11) is -4.00. The van der Waals surface area contributed by atoms with Crippen LogP contribution in [-0.4, -0.2) is 54.2 Å². The Morgan fingerprint density at radius 3 is 2.62 bits per heavy atom. The summed E-state index contributed by atoms with van der Waals surface area (Å²) in [5.41, 5.74) is 1.21. The van der Waals surface area contributed by atoms with Crippen molar-refractivity contribution in [2.45, 2.75) is 49.5 Å². The zero-order valence-corrected chi connectivity index (χ0v) is 19.8. The third kappa shape index (κ3) is 2.92. The number of amides is 1. The summed E-state index contributed by atoms with van der Waals surface area (Å²) in [6.07, 6.45) is 2.58. The second kappa shape index (κ2) is 6.97. The van der Waals surface area contributed by atoms with Crippen LogP contribution in [0.2, 0.25) is 0 Å². The number of aromatic nitrogens is 5. The molecule has 1 spiro atoms. The number of hydrogen-bond donors (Lipinski definition) is 1. The fraction of sp³-hybridized carbons (Fsp3) is 0.409. The van der Waals surface area contributed by atoms with Crippen molar-refractivity contribution in [1.29, 1.82) is 0 Å². The third-order valence-corrected chi connectivity index (χ3v) is 8.59. The number of phosphoric ester groups is 1. The molecule has 1 N–H and O–H groups in total. The molecule has 2 atom stereocenters. The Morgan fingerprint density at radius 2 is 1.95 bits per heavy atom. The molecule has 1 amide bonds. The van der Waals surface area contributed by atoms with Crippen LogP contribution in [0, 0.1) is 11.7 Å². The van der Waals surface area contributed by atoms with Gasteiger partial charge in [0.25, 0.3) is 0 Å². The number of rotatable bonds is 6. The molecule has 190 valence electrons. The number of phosphoric acid groups is 1. The number of aliphatic hydroxyl groups is 1. The molecule has 6 fully saturated rings. The van der Waals surface area contributed by atoms with Gasteiger partial charge >= 0.3 is 25.6 Å². The molecule has 3 aromatic rings. The number of tetrazole rings is 1. The maximum atomic E-state index is 15.3. The Balaban J connectivity index is 1.10. The lowest BCUT2D eigenvalue weighted by molar-refractivity contribution is -0.284. The molecular weight excluding hydrogens is 510 g/mol. The summed E-state index contributed by atoms with van der Waals surface area (Å²) in [6.45, 7) is 0. The first-order valence-corrected chi connectivity index (χ1v) is 13.3. The lowest BCUT2D eigenvalue weighted by Gasteiger charge is -2.40. The minimum Gasteiger partial charge on any atom is -0.405 e. The molecule has 15 heteroatoms. The van der Waals surface area contributed by atoms with Gasteiger partial charge < -0.3 is 9.84 Å². The standard InChI is InChI=1S/C22H18FN6O7P/c23-16-9-14(28-20(31)33-21(18(30)11-1-2-11)22(28)35-37(32,34-21)36-22)6-7-15(16)12-3-8-17(24-10-12)19-25-27-29(26-19)13-4-5-13/h3,6-11,13,18,30H,1-2,4-5H2/t18-,21-,22?,37?/m1/s1. The van der Waals surface area contributed by atoms with E-state index in [9.17, 15) is 14.5 Å². The molecule has 2 aliphatic carbocycles. The number of carbonyl (C=O) groups excluding carboxylic acids is 1. The molecule has 2 bridgehead atoms. The minimum absolute atomic E-state index is 0.0124. The predicted octanol–water partition coefficient (Wildman–Crippen LogP) is 3.14. The van der Waals surface area contributed by atoms with Gasteiger partial charge in [0.05, 0.1) is 11.7 Å². The molecule has 4 saturated heterocycles. The minimum atomic E-state index is -4.00. The van der Waals surface area contributed by atoms with E-state index in [0.29, 0.717) is 36.0 Å². The number of nitrogens with zero attached hydrogens (tertiary/aromatic N) is 6. The number of halogens is 1. The van der Waals surface area contributed by atoms with Crippen LogP contribution in [0.1, 0.15) is 31.7 Å². The van der Waals surface area contributed by atoms with Crippen molar-refractivity contribution in [3.63, 3.8) is 0 Å². The number of anilines is 1. The summed E-state index contributed by atoms with van der Waals surface area (Å²) in [6, 6.07) is 7.65. The molecule has 2 aromatic heterocycles. The summed E-state index contributed by atoms with van der Waals surface area (Å²) in [5.74, 6) is -4.74. The number of aliphatic hydroxyl groups excluding tert-OH is 1. The smallest absolute Gasteiger partial charge is 0.405 e. The van der Waals surface area contributed by atoms with Gasteiger partial charge in [0.1, 0.15) is 17.6 Å². The summed E-state index contributed by atoms with van der Waals surface area (Å²) in [5, 5.41) is 23.2. The number of carbonyl (C=O) groups is 1. The second-order valence-electron chi connectivity index (χ2n) is 9.72. The van der Waals surface area contributed by atoms with Crippen molar-refractivity contribution >= 4 is 19.6 Å². The monoisotopic (exact) mass is 528 g/mol. The van der Waals surface area contributed by atoms with Gasteiger partial charge in [0.15, 0.2) is 0 Å². The fourth-order valence-corrected chi connectivity index (χ4v) is 6.67. The van der Waals surface area contributed by atoms with Gasteiger partial charge in [-0.15, -0.1) is 10.2 Å². The van der Waals surface area contributed by atoms with Gasteiger partial charge in [-0.1, -0.05) is 6.07 Å².